The Morgan fingerprint density at radius 3 is 1.80 bits per heavy atom. The molecule has 3 aromatic rings. The Kier molecular flexibility index (Phi) is 16.2. The quantitative estimate of drug-likeness (QED) is 0.171. The Morgan fingerprint density at radius 2 is 1.33 bits per heavy atom. The Labute approximate surface area is 309 Å². The van der Waals surface area contributed by atoms with Crippen LogP contribution in [0.3, 0.4) is 0 Å². The van der Waals surface area contributed by atoms with Crippen molar-refractivity contribution in [3.8, 4) is 11.1 Å². The SMILES string of the molecule is CC1[C-]=CC(C2(C)C3CC4CC(C3)CC2C4)=C1.Cc1[c-]c2c(cc1C)-c1cc(C)c(C)cc1C2.Cl.Cl.[CH2-]C.[CH2]=[Zr].[c-]1ccccc1. The molecule has 0 N–H and O–H groups in total. The van der Waals surface area contributed by atoms with Crippen molar-refractivity contribution in [2.24, 2.45) is 35.0 Å². The van der Waals surface area contributed by atoms with Gasteiger partial charge in [-0.05, 0) is 92.7 Å². The topological polar surface area (TPSA) is 0 Å². The van der Waals surface area contributed by atoms with Crippen molar-refractivity contribution < 1.29 is 24.2 Å². The summed E-state index contributed by atoms with van der Waals surface area (Å²) >= 11 is 1.30. The molecule has 1 atom stereocenters. The molecule has 0 aromatic heterocycles. The van der Waals surface area contributed by atoms with E-state index in [2.05, 4.69) is 101 Å². The zero-order chi connectivity index (χ0) is 32.0. The minimum Gasteiger partial charge on any atom is -0.184 e. The van der Waals surface area contributed by atoms with Gasteiger partial charge in [0.15, 0.2) is 0 Å². The van der Waals surface area contributed by atoms with Crippen LogP contribution in [0.4, 0.5) is 0 Å². The van der Waals surface area contributed by atoms with Gasteiger partial charge in [-0.15, -0.1) is 35.9 Å². The van der Waals surface area contributed by atoms with Gasteiger partial charge < -0.3 is 6.92 Å². The molecule has 4 bridgehead atoms. The van der Waals surface area contributed by atoms with E-state index in [9.17, 15) is 0 Å². The van der Waals surface area contributed by atoms with Crippen molar-refractivity contribution in [3.05, 3.63) is 125 Å². The molecule has 1 unspecified atom stereocenters. The third kappa shape index (κ3) is 8.73. The minimum atomic E-state index is 0. The molecule has 46 heavy (non-hydrogen) atoms. The van der Waals surface area contributed by atoms with E-state index in [-0.39, 0.29) is 24.8 Å². The maximum atomic E-state index is 3.54. The van der Waals surface area contributed by atoms with Crippen LogP contribution in [-0.4, -0.2) is 4.21 Å². The number of aryl methyl sites for hydroxylation is 4. The Morgan fingerprint density at radius 1 is 0.783 bits per heavy atom. The molecule has 248 valence electrons. The van der Waals surface area contributed by atoms with Gasteiger partial charge in [0.25, 0.3) is 0 Å². The van der Waals surface area contributed by atoms with Crippen LogP contribution in [0.5, 0.6) is 0 Å². The number of fused-ring (bicyclic) bond motifs is 3. The summed E-state index contributed by atoms with van der Waals surface area (Å²) in [6.45, 7) is 18.5. The van der Waals surface area contributed by atoms with Gasteiger partial charge in [0.05, 0.1) is 0 Å². The number of hydrogen-bond donors (Lipinski definition) is 0. The van der Waals surface area contributed by atoms with Crippen LogP contribution in [0.15, 0.2) is 66.3 Å². The molecular formula is C43H54Cl2Zr-4. The van der Waals surface area contributed by atoms with E-state index in [0.717, 1.165) is 30.1 Å². The van der Waals surface area contributed by atoms with Gasteiger partial charge in [-0.1, -0.05) is 56.7 Å². The van der Waals surface area contributed by atoms with Crippen LogP contribution in [-0.2, 0) is 30.7 Å². The van der Waals surface area contributed by atoms with Gasteiger partial charge in [0.1, 0.15) is 0 Å². The smallest absolute Gasteiger partial charge is 0.171 e. The van der Waals surface area contributed by atoms with Crippen LogP contribution in [0.2, 0.25) is 0 Å². The van der Waals surface area contributed by atoms with E-state index in [0.29, 0.717) is 11.3 Å². The standard InChI is InChI=1S/C17H23.C17H17.C6H5.C2H5.CH2.2ClH.Zr/c1-11-3-4-14(5-11)17(2)15-7-12-6-13(9-15)10-16(17)8-12;1-10-5-14-9-15-6-11(2)13(4)8-17(15)16(14)7-12(10)3;1-2-4-6-5-3-1;1-2;;;;/h4-5,11-13,15-16H,6-10H2,1-2H3;5,7-8H,9H2,1-4H3;1-5H;1H2,2H3;1H2;2*1H;/q4*-1;;;;. The molecule has 6 aliphatic carbocycles. The van der Waals surface area contributed by atoms with E-state index in [1.54, 1.807) is 18.9 Å². The van der Waals surface area contributed by atoms with Crippen LogP contribution in [0.1, 0.15) is 86.3 Å². The first kappa shape index (κ1) is 40.6. The van der Waals surface area contributed by atoms with Crippen molar-refractivity contribution in [2.75, 3.05) is 0 Å². The fourth-order valence-electron chi connectivity index (χ4n) is 8.55. The number of benzene rings is 3. The van der Waals surface area contributed by atoms with Crippen molar-refractivity contribution >= 4 is 29.0 Å². The molecule has 4 fully saturated rings. The Bertz CT molecular complexity index is 1360. The zero-order valence-corrected chi connectivity index (χ0v) is 33.2. The summed E-state index contributed by atoms with van der Waals surface area (Å²) in [5, 5.41) is 0. The van der Waals surface area contributed by atoms with Crippen molar-refractivity contribution in [2.45, 2.75) is 87.0 Å². The van der Waals surface area contributed by atoms with E-state index in [4.69, 9.17) is 0 Å². The fourth-order valence-corrected chi connectivity index (χ4v) is 8.55. The number of rotatable bonds is 1. The average Bonchev–Trinajstić information content (AvgIpc) is 3.62. The molecule has 0 spiro atoms. The molecule has 0 radical (unpaired) electrons. The molecule has 9 rings (SSSR count). The first-order valence-electron chi connectivity index (χ1n) is 16.6. The van der Waals surface area contributed by atoms with Crippen molar-refractivity contribution in [3.63, 3.8) is 0 Å². The molecule has 0 aliphatic heterocycles. The van der Waals surface area contributed by atoms with E-state index in [1.165, 1.54) is 94.4 Å². The Balaban J connectivity index is 0.000000241. The van der Waals surface area contributed by atoms with Crippen LogP contribution < -0.4 is 0 Å². The number of allylic oxidation sites excluding steroid dienone is 4. The average molecular weight is 733 g/mol. The third-order valence-electron chi connectivity index (χ3n) is 11.0. The van der Waals surface area contributed by atoms with Gasteiger partial charge in [-0.3, -0.25) is 6.08 Å². The van der Waals surface area contributed by atoms with Crippen LogP contribution in [0, 0.1) is 87.8 Å². The monoisotopic (exact) mass is 730 g/mol. The maximum Gasteiger partial charge on any atom is -0.171 e. The summed E-state index contributed by atoms with van der Waals surface area (Å²) in [4.78, 5) is 0. The van der Waals surface area contributed by atoms with E-state index >= 15 is 0 Å². The van der Waals surface area contributed by atoms with E-state index < -0.39 is 0 Å². The summed E-state index contributed by atoms with van der Waals surface area (Å²) in [6, 6.07) is 23.0. The number of halogens is 2. The van der Waals surface area contributed by atoms with Gasteiger partial charge in [0.2, 0.25) is 0 Å². The molecule has 0 amide bonds. The molecule has 6 aliphatic rings. The van der Waals surface area contributed by atoms with Gasteiger partial charge in [-0.2, -0.15) is 78.2 Å². The normalized spacial score (nSPS) is 26.3. The van der Waals surface area contributed by atoms with E-state index in [1.807, 2.05) is 30.3 Å². The molecule has 3 heteroatoms. The maximum absolute atomic E-state index is 3.54. The Hall–Kier alpha value is -1.53. The van der Waals surface area contributed by atoms with Crippen molar-refractivity contribution in [1.29, 1.82) is 0 Å². The van der Waals surface area contributed by atoms with Crippen LogP contribution in [0.25, 0.3) is 11.1 Å². The molecule has 3 aromatic carbocycles. The summed E-state index contributed by atoms with van der Waals surface area (Å²) < 4.78 is 3.34. The molecule has 0 nitrogen and oxygen atoms in total. The first-order valence-corrected chi connectivity index (χ1v) is 18.4. The number of hydrogen-bond acceptors (Lipinski definition) is 0. The first-order chi connectivity index (χ1) is 21.2. The largest absolute Gasteiger partial charge is 0.184 e. The molecule has 0 heterocycles. The second-order valence-corrected chi connectivity index (χ2v) is 13.6. The second kappa shape index (κ2) is 18.3. The van der Waals surface area contributed by atoms with Gasteiger partial charge in [-0.25, -0.2) is 6.08 Å². The van der Waals surface area contributed by atoms with Gasteiger partial charge in [0, 0.05) is 0 Å². The summed E-state index contributed by atoms with van der Waals surface area (Å²) in [5.74, 6) is 4.68. The predicted octanol–water partition coefficient (Wildman–Crippen LogP) is 11.8. The van der Waals surface area contributed by atoms with Gasteiger partial charge >= 0.3 is 28.4 Å². The second-order valence-electron chi connectivity index (χ2n) is 13.6. The molecule has 4 saturated carbocycles. The summed E-state index contributed by atoms with van der Waals surface area (Å²) in [5.41, 5.74) is 13.2. The summed E-state index contributed by atoms with van der Waals surface area (Å²) in [7, 11) is 0. The van der Waals surface area contributed by atoms with Crippen LogP contribution >= 0.6 is 24.8 Å². The molecular weight excluding hydrogens is 679 g/mol. The predicted molar refractivity (Wildman–Crippen MR) is 201 cm³/mol. The van der Waals surface area contributed by atoms with Crippen molar-refractivity contribution in [1.82, 2.24) is 0 Å². The fraction of sp³-hybridized carbons (Fsp3) is 0.442. The minimum absolute atomic E-state index is 0. The summed E-state index contributed by atoms with van der Waals surface area (Å²) in [6.07, 6.45) is 17.0. The third-order valence-corrected chi connectivity index (χ3v) is 11.0. The molecule has 0 saturated heterocycles. The zero-order valence-electron chi connectivity index (χ0n) is 29.1.